The van der Waals surface area contributed by atoms with Crippen LogP contribution in [0.2, 0.25) is 0 Å². The summed E-state index contributed by atoms with van der Waals surface area (Å²) in [6.45, 7) is 2.35. The van der Waals surface area contributed by atoms with Crippen molar-refractivity contribution in [2.45, 2.75) is 13.5 Å². The van der Waals surface area contributed by atoms with Gasteiger partial charge in [0.25, 0.3) is 0 Å². The first kappa shape index (κ1) is 9.33. The summed E-state index contributed by atoms with van der Waals surface area (Å²) in [5.41, 5.74) is 0.893. The van der Waals surface area contributed by atoms with Gasteiger partial charge >= 0.3 is 0 Å². The second-order valence-corrected chi connectivity index (χ2v) is 2.64. The quantitative estimate of drug-likeness (QED) is 0.657. The molecule has 0 aliphatic carbocycles. The van der Waals surface area contributed by atoms with Gasteiger partial charge in [0, 0.05) is 6.20 Å². The summed E-state index contributed by atoms with van der Waals surface area (Å²) >= 11 is 0. The van der Waals surface area contributed by atoms with Crippen molar-refractivity contribution in [2.75, 3.05) is 6.54 Å². The number of carbonyl (C=O) groups is 1. The minimum Gasteiger partial charge on any atom is -0.344 e. The summed E-state index contributed by atoms with van der Waals surface area (Å²) < 4.78 is 1.57. The monoisotopic (exact) mass is 177 g/mol. The van der Waals surface area contributed by atoms with Crippen LogP contribution in [0.4, 0.5) is 0 Å². The van der Waals surface area contributed by atoms with Crippen molar-refractivity contribution < 1.29 is 4.79 Å². The fraction of sp³-hybridized carbons (Fsp3) is 0.333. The van der Waals surface area contributed by atoms with E-state index in [4.69, 9.17) is 6.42 Å². The summed E-state index contributed by atoms with van der Waals surface area (Å²) in [5.74, 6) is 2.20. The lowest BCUT2D eigenvalue weighted by Gasteiger charge is -2.00. The molecule has 1 aromatic heterocycles. The number of carbonyl (C=O) groups excluding carboxylic acids is 1. The molecule has 1 amide bonds. The van der Waals surface area contributed by atoms with Crippen LogP contribution in [0.15, 0.2) is 12.3 Å². The lowest BCUT2D eigenvalue weighted by atomic mass is 10.5. The first-order valence-electron chi connectivity index (χ1n) is 3.92. The molecule has 68 valence electrons. The van der Waals surface area contributed by atoms with Crippen LogP contribution < -0.4 is 5.32 Å². The van der Waals surface area contributed by atoms with Gasteiger partial charge in [-0.2, -0.15) is 5.10 Å². The maximum absolute atomic E-state index is 11.1. The summed E-state index contributed by atoms with van der Waals surface area (Å²) in [6, 6.07) is 1.84. The summed E-state index contributed by atoms with van der Waals surface area (Å²) in [4.78, 5) is 11.1. The van der Waals surface area contributed by atoms with Gasteiger partial charge < -0.3 is 5.32 Å². The van der Waals surface area contributed by atoms with E-state index in [1.54, 1.807) is 10.9 Å². The normalized spacial score (nSPS) is 9.23. The largest absolute Gasteiger partial charge is 0.344 e. The Morgan fingerprint density at radius 1 is 1.85 bits per heavy atom. The Labute approximate surface area is 76.9 Å². The van der Waals surface area contributed by atoms with Crippen molar-refractivity contribution in [3.05, 3.63) is 18.0 Å². The molecule has 0 saturated heterocycles. The molecular formula is C9H11N3O. The molecule has 1 aromatic rings. The molecule has 1 rings (SSSR count). The molecule has 0 saturated carbocycles. The standard InChI is InChI=1S/C9H11N3O/c1-3-5-10-9(13)7-12-6-4-8(2)11-12/h1,4,6H,5,7H2,2H3,(H,10,13). The molecule has 1 N–H and O–H groups in total. The maximum atomic E-state index is 11.1. The first-order chi connectivity index (χ1) is 6.22. The first-order valence-corrected chi connectivity index (χ1v) is 3.92. The van der Waals surface area contributed by atoms with Crippen molar-refractivity contribution in [1.82, 2.24) is 15.1 Å². The molecule has 0 aliphatic heterocycles. The van der Waals surface area contributed by atoms with Crippen LogP contribution in [-0.4, -0.2) is 22.2 Å². The van der Waals surface area contributed by atoms with Gasteiger partial charge in [0.15, 0.2) is 0 Å². The van der Waals surface area contributed by atoms with Gasteiger partial charge in [0.1, 0.15) is 6.54 Å². The highest BCUT2D eigenvalue weighted by atomic mass is 16.2. The number of amides is 1. The average Bonchev–Trinajstić information content (AvgIpc) is 2.48. The fourth-order valence-corrected chi connectivity index (χ4v) is 0.904. The smallest absolute Gasteiger partial charge is 0.242 e. The van der Waals surface area contributed by atoms with Crippen LogP contribution >= 0.6 is 0 Å². The van der Waals surface area contributed by atoms with E-state index < -0.39 is 0 Å². The zero-order valence-electron chi connectivity index (χ0n) is 7.45. The van der Waals surface area contributed by atoms with E-state index in [-0.39, 0.29) is 19.0 Å². The van der Waals surface area contributed by atoms with Crippen molar-refractivity contribution in [1.29, 1.82) is 0 Å². The fourth-order valence-electron chi connectivity index (χ4n) is 0.904. The van der Waals surface area contributed by atoms with Gasteiger partial charge in [-0.05, 0) is 13.0 Å². The summed E-state index contributed by atoms with van der Waals surface area (Å²) in [6.07, 6.45) is 6.74. The zero-order chi connectivity index (χ0) is 9.68. The van der Waals surface area contributed by atoms with Crippen LogP contribution in [0.25, 0.3) is 0 Å². The van der Waals surface area contributed by atoms with E-state index in [1.807, 2.05) is 13.0 Å². The van der Waals surface area contributed by atoms with Gasteiger partial charge in [0.2, 0.25) is 5.91 Å². The number of nitrogens with one attached hydrogen (secondary N) is 1. The van der Waals surface area contributed by atoms with E-state index in [9.17, 15) is 4.79 Å². The van der Waals surface area contributed by atoms with E-state index in [0.29, 0.717) is 0 Å². The summed E-state index contributed by atoms with van der Waals surface area (Å²) in [5, 5.41) is 6.62. The molecule has 1 heterocycles. The molecular weight excluding hydrogens is 166 g/mol. The molecule has 0 spiro atoms. The molecule has 0 bridgehead atoms. The second kappa shape index (κ2) is 4.31. The minimum absolute atomic E-state index is 0.124. The van der Waals surface area contributed by atoms with Crippen molar-refractivity contribution in [2.24, 2.45) is 0 Å². The van der Waals surface area contributed by atoms with E-state index in [2.05, 4.69) is 16.3 Å². The van der Waals surface area contributed by atoms with Crippen molar-refractivity contribution >= 4 is 5.91 Å². The predicted molar refractivity (Wildman–Crippen MR) is 48.8 cm³/mol. The Kier molecular flexibility index (Phi) is 3.09. The van der Waals surface area contributed by atoms with Crippen LogP contribution in [0.1, 0.15) is 5.69 Å². The Morgan fingerprint density at radius 2 is 2.62 bits per heavy atom. The SMILES string of the molecule is C#CCNC(=O)Cn1ccc(C)n1. The molecule has 0 aliphatic rings. The predicted octanol–water partition coefficient (Wildman–Crippen LogP) is -0.0591. The van der Waals surface area contributed by atoms with Crippen LogP contribution in [-0.2, 0) is 11.3 Å². The lowest BCUT2D eigenvalue weighted by molar-refractivity contribution is -0.121. The van der Waals surface area contributed by atoms with Gasteiger partial charge in [0.05, 0.1) is 12.2 Å². The number of rotatable bonds is 3. The number of terminal acetylenes is 1. The third-order valence-corrected chi connectivity index (χ3v) is 1.47. The highest BCUT2D eigenvalue weighted by molar-refractivity contribution is 5.75. The summed E-state index contributed by atoms with van der Waals surface area (Å²) in [7, 11) is 0. The molecule has 0 radical (unpaired) electrons. The number of aryl methyl sites for hydroxylation is 1. The van der Waals surface area contributed by atoms with Gasteiger partial charge in [-0.25, -0.2) is 0 Å². The van der Waals surface area contributed by atoms with Crippen LogP contribution in [0.5, 0.6) is 0 Å². The topological polar surface area (TPSA) is 46.9 Å². The minimum atomic E-state index is -0.124. The third-order valence-electron chi connectivity index (χ3n) is 1.47. The average molecular weight is 177 g/mol. The number of aromatic nitrogens is 2. The highest BCUT2D eigenvalue weighted by Gasteiger charge is 2.01. The molecule has 0 aromatic carbocycles. The van der Waals surface area contributed by atoms with Gasteiger partial charge in [-0.15, -0.1) is 6.42 Å². The molecule has 4 nitrogen and oxygen atoms in total. The Balaban J connectivity index is 2.41. The molecule has 0 fully saturated rings. The Hall–Kier alpha value is -1.76. The highest BCUT2D eigenvalue weighted by Crippen LogP contribution is 1.91. The Bertz CT molecular complexity index is 335. The lowest BCUT2D eigenvalue weighted by Crippen LogP contribution is -2.27. The van der Waals surface area contributed by atoms with Crippen LogP contribution in [0.3, 0.4) is 0 Å². The second-order valence-electron chi connectivity index (χ2n) is 2.64. The Morgan fingerprint density at radius 3 is 3.15 bits per heavy atom. The van der Waals surface area contributed by atoms with Gasteiger partial charge in [-0.1, -0.05) is 5.92 Å². The van der Waals surface area contributed by atoms with Crippen molar-refractivity contribution in [3.8, 4) is 12.3 Å². The van der Waals surface area contributed by atoms with E-state index in [0.717, 1.165) is 5.69 Å². The van der Waals surface area contributed by atoms with E-state index >= 15 is 0 Å². The number of hydrogen-bond acceptors (Lipinski definition) is 2. The molecule has 4 heteroatoms. The van der Waals surface area contributed by atoms with Crippen molar-refractivity contribution in [3.63, 3.8) is 0 Å². The van der Waals surface area contributed by atoms with Gasteiger partial charge in [-0.3, -0.25) is 9.48 Å². The van der Waals surface area contributed by atoms with Crippen LogP contribution in [0, 0.1) is 19.3 Å². The number of hydrogen-bond donors (Lipinski definition) is 1. The van der Waals surface area contributed by atoms with E-state index in [1.165, 1.54) is 0 Å². The number of nitrogens with zero attached hydrogens (tertiary/aromatic N) is 2. The molecule has 0 atom stereocenters. The molecule has 13 heavy (non-hydrogen) atoms. The third kappa shape index (κ3) is 2.99. The zero-order valence-corrected chi connectivity index (χ0v) is 7.45. The maximum Gasteiger partial charge on any atom is 0.242 e. The molecule has 0 unspecified atom stereocenters.